The zero-order chi connectivity index (χ0) is 26.2. The second-order valence-corrected chi connectivity index (χ2v) is 36.0. The highest BCUT2D eigenvalue weighted by Gasteiger charge is 2.56. The average Bonchev–Trinajstić information content (AvgIpc) is 2.75. The summed E-state index contributed by atoms with van der Waals surface area (Å²) in [4.78, 5) is 13.4. The lowest BCUT2D eigenvalue weighted by Gasteiger charge is -2.37. The summed E-state index contributed by atoms with van der Waals surface area (Å²) < 4.78 is 38.6. The molecular formula is C21H50O7Si5. The molecule has 0 aliphatic carbocycles. The van der Waals surface area contributed by atoms with Gasteiger partial charge in [0.05, 0.1) is 0 Å². The Bertz CT molecular complexity index is 656. The Morgan fingerprint density at radius 1 is 0.606 bits per heavy atom. The van der Waals surface area contributed by atoms with E-state index in [2.05, 4.69) is 78.6 Å². The summed E-state index contributed by atoms with van der Waals surface area (Å²) in [6, 6.07) is 0. The van der Waals surface area contributed by atoms with Gasteiger partial charge in [-0.15, -0.1) is 0 Å². The van der Waals surface area contributed by atoms with Gasteiger partial charge in [0.1, 0.15) is 18.3 Å². The van der Waals surface area contributed by atoms with E-state index in [1.807, 2.05) is 19.6 Å². The van der Waals surface area contributed by atoms with E-state index in [4.69, 9.17) is 26.9 Å². The highest BCUT2D eigenvalue weighted by atomic mass is 28.4. The first-order chi connectivity index (χ1) is 14.4. The van der Waals surface area contributed by atoms with Crippen LogP contribution in [0.3, 0.4) is 0 Å². The van der Waals surface area contributed by atoms with E-state index in [0.29, 0.717) is 0 Å². The van der Waals surface area contributed by atoms with Gasteiger partial charge < -0.3 is 26.9 Å². The third-order valence-electron chi connectivity index (χ3n) is 4.07. The summed E-state index contributed by atoms with van der Waals surface area (Å²) in [6.45, 7) is 31.4. The van der Waals surface area contributed by atoms with Crippen molar-refractivity contribution in [2.75, 3.05) is 0 Å². The molecule has 0 saturated carbocycles. The maximum Gasteiger partial charge on any atom is 0.323 e. The second-order valence-electron chi connectivity index (χ2n) is 13.8. The first-order valence-corrected chi connectivity index (χ1v) is 29.0. The van der Waals surface area contributed by atoms with Crippen molar-refractivity contribution in [1.82, 2.24) is 0 Å². The molecule has 7 nitrogen and oxygen atoms in total. The molecule has 0 amide bonds. The van der Waals surface area contributed by atoms with Crippen molar-refractivity contribution in [1.29, 1.82) is 0 Å². The fourth-order valence-electron chi connectivity index (χ4n) is 3.40. The van der Waals surface area contributed by atoms with E-state index in [9.17, 15) is 4.79 Å². The third kappa shape index (κ3) is 12.2. The van der Waals surface area contributed by atoms with E-state index in [-0.39, 0.29) is 5.97 Å². The normalized spacial score (nSPS) is 26.4. The fourth-order valence-corrected chi connectivity index (χ4v) is 8.15. The van der Waals surface area contributed by atoms with Crippen molar-refractivity contribution >= 4 is 47.6 Å². The van der Waals surface area contributed by atoms with Gasteiger partial charge in [0.2, 0.25) is 8.32 Å². The maximum atomic E-state index is 13.4. The Kier molecular flexibility index (Phi) is 10.2. The van der Waals surface area contributed by atoms with Crippen molar-refractivity contribution in [3.05, 3.63) is 0 Å². The minimum atomic E-state index is -2.14. The molecule has 196 valence electrons. The summed E-state index contributed by atoms with van der Waals surface area (Å²) in [5.74, 6) is -0.369. The van der Waals surface area contributed by atoms with Crippen molar-refractivity contribution < 1.29 is 31.7 Å². The van der Waals surface area contributed by atoms with E-state index < -0.39 is 72.3 Å². The summed E-state index contributed by atoms with van der Waals surface area (Å²) in [6.07, 6.45) is -3.04. The van der Waals surface area contributed by atoms with Crippen LogP contribution >= 0.6 is 0 Å². The monoisotopic (exact) mass is 554 g/mol. The van der Waals surface area contributed by atoms with Crippen molar-refractivity contribution in [2.24, 2.45) is 0 Å². The molecule has 0 bridgehead atoms. The molecule has 1 fully saturated rings. The van der Waals surface area contributed by atoms with Crippen LogP contribution in [-0.4, -0.2) is 78.3 Å². The van der Waals surface area contributed by atoms with Crippen molar-refractivity contribution in [3.8, 4) is 0 Å². The van der Waals surface area contributed by atoms with Gasteiger partial charge in [-0.05, 0) is 98.2 Å². The minimum Gasteiger partial charge on any atom is -0.518 e. The minimum absolute atomic E-state index is 0.369. The molecule has 0 N–H and O–H groups in total. The lowest BCUT2D eigenvalue weighted by atomic mass is 10.1. The van der Waals surface area contributed by atoms with Crippen LogP contribution in [-0.2, 0) is 31.7 Å². The van der Waals surface area contributed by atoms with Crippen LogP contribution < -0.4 is 0 Å². The number of carbonyl (C=O) groups excluding carboxylic acids is 1. The molecule has 0 aromatic heterocycles. The topological polar surface area (TPSA) is 72.5 Å². The van der Waals surface area contributed by atoms with Crippen LogP contribution in [0.15, 0.2) is 0 Å². The highest BCUT2D eigenvalue weighted by molar-refractivity contribution is 6.72. The number of hydrogen-bond acceptors (Lipinski definition) is 7. The van der Waals surface area contributed by atoms with Crippen LogP contribution in [0, 0.1) is 0 Å². The second kappa shape index (κ2) is 10.8. The standard InChI is InChI=1S/C21H50O7Si5/c1-29(2,3)24-17-16(18(25-30(4,5)6)20(22)27-32(10,11)12)23-21(28-33(13,14)15)19(17)26-31(7,8)9/h16-19,21H,1-15H3/t16-,17-,18-,19+,21?/m0/s1. The largest absolute Gasteiger partial charge is 0.518 e. The molecule has 1 aliphatic rings. The smallest absolute Gasteiger partial charge is 0.323 e. The molecule has 12 heteroatoms. The van der Waals surface area contributed by atoms with Gasteiger partial charge in [-0.1, -0.05) is 0 Å². The molecule has 0 spiro atoms. The third-order valence-corrected chi connectivity index (χ3v) is 8.75. The van der Waals surface area contributed by atoms with Gasteiger partial charge in [0.25, 0.3) is 0 Å². The molecule has 33 heavy (non-hydrogen) atoms. The number of rotatable bonds is 11. The van der Waals surface area contributed by atoms with Crippen LogP contribution in [0.25, 0.3) is 0 Å². The van der Waals surface area contributed by atoms with Crippen LogP contribution in [0.4, 0.5) is 0 Å². The molecule has 1 unspecified atom stereocenters. The van der Waals surface area contributed by atoms with Gasteiger partial charge in [-0.3, -0.25) is 4.79 Å². The van der Waals surface area contributed by atoms with Gasteiger partial charge >= 0.3 is 5.97 Å². The van der Waals surface area contributed by atoms with E-state index in [1.54, 1.807) is 0 Å². The average molecular weight is 555 g/mol. The molecule has 1 heterocycles. The lowest BCUT2D eigenvalue weighted by molar-refractivity contribution is -0.162. The Hall–Kier alpha value is 0.354. The summed E-state index contributed by atoms with van der Waals surface area (Å²) in [5, 5.41) is 0. The lowest BCUT2D eigenvalue weighted by Crippen LogP contribution is -2.55. The van der Waals surface area contributed by atoms with Gasteiger partial charge in [-0.25, -0.2) is 0 Å². The van der Waals surface area contributed by atoms with Gasteiger partial charge in [0, 0.05) is 0 Å². The van der Waals surface area contributed by atoms with Gasteiger partial charge in [-0.2, -0.15) is 0 Å². The summed E-state index contributed by atoms with van der Waals surface area (Å²) >= 11 is 0. The van der Waals surface area contributed by atoms with Crippen LogP contribution in [0.2, 0.25) is 98.2 Å². The Morgan fingerprint density at radius 2 is 1.03 bits per heavy atom. The highest BCUT2D eigenvalue weighted by Crippen LogP contribution is 2.36. The van der Waals surface area contributed by atoms with E-state index >= 15 is 0 Å². The van der Waals surface area contributed by atoms with E-state index in [1.165, 1.54) is 0 Å². The molecule has 1 rings (SSSR count). The molecule has 1 aliphatic heterocycles. The molecular weight excluding hydrogens is 505 g/mol. The molecule has 5 atom stereocenters. The predicted molar refractivity (Wildman–Crippen MR) is 147 cm³/mol. The Labute approximate surface area is 207 Å². The Morgan fingerprint density at radius 3 is 1.39 bits per heavy atom. The van der Waals surface area contributed by atoms with Crippen LogP contribution in [0.1, 0.15) is 0 Å². The zero-order valence-corrected chi connectivity index (χ0v) is 28.7. The summed E-state index contributed by atoms with van der Waals surface area (Å²) in [7, 11) is -10.3. The zero-order valence-electron chi connectivity index (χ0n) is 23.7. The van der Waals surface area contributed by atoms with Crippen LogP contribution in [0.5, 0.6) is 0 Å². The summed E-state index contributed by atoms with van der Waals surface area (Å²) in [5.41, 5.74) is 0. The maximum absolute atomic E-state index is 13.4. The first kappa shape index (κ1) is 31.4. The molecule has 0 aromatic rings. The number of ether oxygens (including phenoxy) is 1. The fraction of sp³-hybridized carbons (Fsp3) is 0.952. The number of carbonyl (C=O) groups is 1. The van der Waals surface area contributed by atoms with Gasteiger partial charge in [0.15, 0.2) is 45.7 Å². The van der Waals surface area contributed by atoms with E-state index in [0.717, 1.165) is 0 Å². The Balaban J connectivity index is 3.53. The molecule has 1 saturated heterocycles. The SMILES string of the molecule is C[Si](C)(C)OC(=O)[C@@H](O[Si](C)(C)C)[C@H]1OC(O[Si](C)(C)C)[C@H](O[Si](C)(C)C)[C@H]1O[Si](C)(C)C. The first-order valence-electron chi connectivity index (χ1n) is 12.0. The van der Waals surface area contributed by atoms with Crippen molar-refractivity contribution in [2.45, 2.75) is 129 Å². The quantitative estimate of drug-likeness (QED) is 0.308. The molecule has 0 aromatic carbocycles. The van der Waals surface area contributed by atoms with Crippen molar-refractivity contribution in [3.63, 3.8) is 0 Å². The molecule has 0 radical (unpaired) electrons. The predicted octanol–water partition coefficient (Wildman–Crippen LogP) is 5.60. The number of hydrogen-bond donors (Lipinski definition) is 0.